The Balaban J connectivity index is 1.92. The Labute approximate surface area is 110 Å². The van der Waals surface area contributed by atoms with Crippen LogP contribution in [-0.4, -0.2) is 21.7 Å². The number of rotatable bonds is 4. The smallest absolute Gasteiger partial charge is 0.157 e. The second-order valence-corrected chi connectivity index (χ2v) is 4.02. The minimum Gasteiger partial charge on any atom is -0.504 e. The number of phenols is 2. The van der Waals surface area contributed by atoms with Gasteiger partial charge in [-0.3, -0.25) is 0 Å². The molecule has 0 fully saturated rings. The number of aromatic nitrogens is 1. The molecule has 5 nitrogen and oxygen atoms in total. The monoisotopic (exact) mass is 255 g/mol. The van der Waals surface area contributed by atoms with E-state index in [2.05, 4.69) is 10.3 Å². The Bertz CT molecular complexity index is 620. The molecule has 0 aliphatic rings. The van der Waals surface area contributed by atoms with Gasteiger partial charge in [0.05, 0.1) is 0 Å². The molecule has 0 saturated heterocycles. The summed E-state index contributed by atoms with van der Waals surface area (Å²) in [4.78, 5) is 4.09. The SMILES string of the molecule is N#Cc1cccc(NCCc2ccc(O)c(O)c2)n1. The van der Waals surface area contributed by atoms with Crippen molar-refractivity contribution in [3.8, 4) is 17.6 Å². The predicted molar refractivity (Wildman–Crippen MR) is 70.9 cm³/mol. The molecule has 2 aromatic rings. The molecule has 2 rings (SSSR count). The number of phenolic OH excluding ortho intramolecular Hbond substituents is 2. The second-order valence-electron chi connectivity index (χ2n) is 4.02. The first kappa shape index (κ1) is 12.7. The van der Waals surface area contributed by atoms with Crippen molar-refractivity contribution in [3.63, 3.8) is 0 Å². The van der Waals surface area contributed by atoms with Crippen LogP contribution in [0.5, 0.6) is 11.5 Å². The van der Waals surface area contributed by atoms with Gasteiger partial charge in [-0.05, 0) is 36.2 Å². The fourth-order valence-corrected chi connectivity index (χ4v) is 1.65. The Morgan fingerprint density at radius 2 is 2.00 bits per heavy atom. The third-order valence-electron chi connectivity index (χ3n) is 2.62. The molecule has 0 amide bonds. The molecule has 96 valence electrons. The number of hydrogen-bond acceptors (Lipinski definition) is 5. The molecule has 1 heterocycles. The van der Waals surface area contributed by atoms with Gasteiger partial charge in [0.25, 0.3) is 0 Å². The van der Waals surface area contributed by atoms with Crippen LogP contribution in [0.1, 0.15) is 11.3 Å². The molecule has 3 N–H and O–H groups in total. The van der Waals surface area contributed by atoms with Crippen molar-refractivity contribution in [2.45, 2.75) is 6.42 Å². The standard InChI is InChI=1S/C14H13N3O2/c15-9-11-2-1-3-14(17-11)16-7-6-10-4-5-12(18)13(19)8-10/h1-5,8,18-19H,6-7H2,(H,16,17). The number of nitriles is 1. The summed E-state index contributed by atoms with van der Waals surface area (Å²) < 4.78 is 0. The molecular formula is C14H13N3O2. The Hall–Kier alpha value is -2.74. The maximum absolute atomic E-state index is 9.37. The molecule has 0 radical (unpaired) electrons. The quantitative estimate of drug-likeness (QED) is 0.727. The van der Waals surface area contributed by atoms with Crippen LogP contribution in [-0.2, 0) is 6.42 Å². The zero-order valence-electron chi connectivity index (χ0n) is 10.2. The second kappa shape index (κ2) is 5.74. The van der Waals surface area contributed by atoms with E-state index in [1.807, 2.05) is 6.07 Å². The number of hydrogen-bond donors (Lipinski definition) is 3. The van der Waals surface area contributed by atoms with E-state index in [1.165, 1.54) is 12.1 Å². The number of anilines is 1. The summed E-state index contributed by atoms with van der Waals surface area (Å²) in [6.45, 7) is 0.617. The highest BCUT2D eigenvalue weighted by atomic mass is 16.3. The summed E-state index contributed by atoms with van der Waals surface area (Å²) in [5.41, 5.74) is 1.27. The van der Waals surface area contributed by atoms with Crippen LogP contribution in [0, 0.1) is 11.3 Å². The fraction of sp³-hybridized carbons (Fsp3) is 0.143. The molecular weight excluding hydrogens is 242 g/mol. The fourth-order valence-electron chi connectivity index (χ4n) is 1.65. The average molecular weight is 255 g/mol. The van der Waals surface area contributed by atoms with Gasteiger partial charge in [-0.15, -0.1) is 0 Å². The topological polar surface area (TPSA) is 89.2 Å². The molecule has 0 spiro atoms. The van der Waals surface area contributed by atoms with Crippen molar-refractivity contribution >= 4 is 5.82 Å². The zero-order valence-corrected chi connectivity index (χ0v) is 10.2. The lowest BCUT2D eigenvalue weighted by Gasteiger charge is -2.06. The van der Waals surface area contributed by atoms with Gasteiger partial charge in [-0.25, -0.2) is 4.98 Å². The minimum atomic E-state index is -0.125. The van der Waals surface area contributed by atoms with Crippen molar-refractivity contribution in [3.05, 3.63) is 47.7 Å². The van der Waals surface area contributed by atoms with E-state index in [0.717, 1.165) is 5.56 Å². The molecule has 0 aliphatic carbocycles. The molecule has 0 atom stereocenters. The summed E-state index contributed by atoms with van der Waals surface area (Å²) >= 11 is 0. The van der Waals surface area contributed by atoms with Gasteiger partial charge in [0.15, 0.2) is 11.5 Å². The maximum Gasteiger partial charge on any atom is 0.157 e. The molecule has 0 unspecified atom stereocenters. The van der Waals surface area contributed by atoms with Crippen LogP contribution < -0.4 is 5.32 Å². The van der Waals surface area contributed by atoms with Crippen LogP contribution in [0.2, 0.25) is 0 Å². The average Bonchev–Trinajstić information content (AvgIpc) is 2.43. The number of benzene rings is 1. The van der Waals surface area contributed by atoms with Gasteiger partial charge in [-0.2, -0.15) is 5.26 Å². The van der Waals surface area contributed by atoms with Gasteiger partial charge in [-0.1, -0.05) is 12.1 Å². The predicted octanol–water partition coefficient (Wildman–Crippen LogP) is 2.02. The largest absolute Gasteiger partial charge is 0.504 e. The van der Waals surface area contributed by atoms with E-state index in [1.54, 1.807) is 24.3 Å². The van der Waals surface area contributed by atoms with Gasteiger partial charge in [0.2, 0.25) is 0 Å². The van der Waals surface area contributed by atoms with Crippen LogP contribution in [0.15, 0.2) is 36.4 Å². The summed E-state index contributed by atoms with van der Waals surface area (Å²) in [7, 11) is 0. The summed E-state index contributed by atoms with van der Waals surface area (Å²) in [6.07, 6.45) is 0.673. The number of nitrogens with one attached hydrogen (secondary N) is 1. The lowest BCUT2D eigenvalue weighted by Crippen LogP contribution is -2.06. The highest BCUT2D eigenvalue weighted by Gasteiger charge is 2.01. The van der Waals surface area contributed by atoms with Crippen LogP contribution in [0.3, 0.4) is 0 Å². The van der Waals surface area contributed by atoms with Crippen molar-refractivity contribution in [1.29, 1.82) is 5.26 Å². The maximum atomic E-state index is 9.37. The highest BCUT2D eigenvalue weighted by molar-refractivity contribution is 5.41. The Kier molecular flexibility index (Phi) is 3.84. The first-order valence-corrected chi connectivity index (χ1v) is 5.81. The van der Waals surface area contributed by atoms with Gasteiger partial charge in [0, 0.05) is 6.54 Å². The van der Waals surface area contributed by atoms with Gasteiger partial charge in [0.1, 0.15) is 17.6 Å². The zero-order chi connectivity index (χ0) is 13.7. The summed E-state index contributed by atoms with van der Waals surface area (Å²) in [5, 5.41) is 30.4. The molecule has 0 aliphatic heterocycles. The normalized spacial score (nSPS) is 9.84. The lowest BCUT2D eigenvalue weighted by atomic mass is 10.1. The molecule has 19 heavy (non-hydrogen) atoms. The third kappa shape index (κ3) is 3.36. The number of nitrogens with zero attached hydrogens (tertiary/aromatic N) is 2. The summed E-state index contributed by atoms with van der Waals surface area (Å²) in [5.74, 6) is 0.393. The Morgan fingerprint density at radius 3 is 2.74 bits per heavy atom. The Morgan fingerprint density at radius 1 is 1.16 bits per heavy atom. The van der Waals surface area contributed by atoms with E-state index in [-0.39, 0.29) is 11.5 Å². The van der Waals surface area contributed by atoms with E-state index < -0.39 is 0 Å². The first-order chi connectivity index (χ1) is 9.19. The lowest BCUT2D eigenvalue weighted by molar-refractivity contribution is 0.403. The molecule has 0 saturated carbocycles. The van der Waals surface area contributed by atoms with E-state index in [4.69, 9.17) is 5.26 Å². The van der Waals surface area contributed by atoms with Crippen LogP contribution >= 0.6 is 0 Å². The number of aromatic hydroxyl groups is 2. The van der Waals surface area contributed by atoms with Gasteiger partial charge < -0.3 is 15.5 Å². The molecule has 1 aromatic carbocycles. The highest BCUT2D eigenvalue weighted by Crippen LogP contribution is 2.24. The van der Waals surface area contributed by atoms with E-state index >= 15 is 0 Å². The number of pyridine rings is 1. The van der Waals surface area contributed by atoms with E-state index in [0.29, 0.717) is 24.5 Å². The molecule has 0 bridgehead atoms. The summed E-state index contributed by atoms with van der Waals surface area (Å²) in [6, 6.07) is 11.9. The molecule has 5 heteroatoms. The first-order valence-electron chi connectivity index (χ1n) is 5.81. The van der Waals surface area contributed by atoms with Gasteiger partial charge >= 0.3 is 0 Å². The van der Waals surface area contributed by atoms with E-state index in [9.17, 15) is 10.2 Å². The van der Waals surface area contributed by atoms with Crippen LogP contribution in [0.25, 0.3) is 0 Å². The van der Waals surface area contributed by atoms with Crippen molar-refractivity contribution in [2.24, 2.45) is 0 Å². The van der Waals surface area contributed by atoms with Crippen LogP contribution in [0.4, 0.5) is 5.82 Å². The van der Waals surface area contributed by atoms with Crippen molar-refractivity contribution < 1.29 is 10.2 Å². The van der Waals surface area contributed by atoms with Crippen molar-refractivity contribution in [2.75, 3.05) is 11.9 Å². The van der Waals surface area contributed by atoms with Crippen molar-refractivity contribution in [1.82, 2.24) is 4.98 Å². The molecule has 1 aromatic heterocycles. The third-order valence-corrected chi connectivity index (χ3v) is 2.62. The minimum absolute atomic E-state index is 0.123.